The Hall–Kier alpha value is -3.30. The van der Waals surface area contributed by atoms with Gasteiger partial charge in [-0.05, 0) is 18.2 Å². The monoisotopic (exact) mass is 366 g/mol. The second-order valence-corrected chi connectivity index (χ2v) is 5.81. The van der Waals surface area contributed by atoms with Crippen LogP contribution in [0.3, 0.4) is 0 Å². The van der Waals surface area contributed by atoms with Gasteiger partial charge in [0, 0.05) is 22.7 Å². The number of benzene rings is 2. The molecule has 0 saturated carbocycles. The van der Waals surface area contributed by atoms with Crippen LogP contribution < -0.4 is 10.2 Å². The molecule has 0 atom stereocenters. The minimum atomic E-state index is -0.401. The van der Waals surface area contributed by atoms with E-state index in [2.05, 4.69) is 16.6 Å². The number of hydrogen-bond acceptors (Lipinski definition) is 4. The minimum absolute atomic E-state index is 0.197. The molecule has 6 nitrogen and oxygen atoms in total. The van der Waals surface area contributed by atoms with Crippen molar-refractivity contribution in [2.24, 2.45) is 5.10 Å². The third-order valence-electron chi connectivity index (χ3n) is 3.65. The summed E-state index contributed by atoms with van der Waals surface area (Å²) in [5.74, 6) is 0.0369. The van der Waals surface area contributed by atoms with E-state index in [9.17, 15) is 4.79 Å². The van der Waals surface area contributed by atoms with Crippen LogP contribution in [0, 0.1) is 11.3 Å². The molecule has 0 spiro atoms. The quantitative estimate of drug-likeness (QED) is 0.536. The van der Waals surface area contributed by atoms with Crippen LogP contribution in [0.25, 0.3) is 10.9 Å². The molecule has 3 rings (SSSR count). The van der Waals surface area contributed by atoms with E-state index in [1.165, 1.54) is 0 Å². The number of amides is 1. The predicted molar refractivity (Wildman–Crippen MR) is 100 cm³/mol. The molecule has 1 amide bonds. The van der Waals surface area contributed by atoms with Gasteiger partial charge >= 0.3 is 0 Å². The summed E-state index contributed by atoms with van der Waals surface area (Å²) in [6.45, 7) is 0.0453. The van der Waals surface area contributed by atoms with Gasteiger partial charge in [0.25, 0.3) is 5.91 Å². The van der Waals surface area contributed by atoms with E-state index in [-0.39, 0.29) is 13.2 Å². The number of hydrazone groups is 1. The third-order valence-corrected chi connectivity index (χ3v) is 3.96. The number of para-hydroxylation sites is 2. The number of aromatic nitrogens is 1. The number of carbonyl (C=O) groups is 1. The van der Waals surface area contributed by atoms with Crippen LogP contribution in [-0.2, 0) is 11.3 Å². The number of nitrogens with one attached hydrogen (secondary N) is 1. The molecule has 0 unspecified atom stereocenters. The van der Waals surface area contributed by atoms with Crippen molar-refractivity contribution in [2.45, 2.75) is 6.54 Å². The molecule has 130 valence electrons. The molecule has 7 heteroatoms. The van der Waals surface area contributed by atoms with Gasteiger partial charge in [-0.3, -0.25) is 4.79 Å². The number of nitriles is 1. The summed E-state index contributed by atoms with van der Waals surface area (Å²) in [4.78, 5) is 11.8. The van der Waals surface area contributed by atoms with Gasteiger partial charge in [-0.15, -0.1) is 0 Å². The molecule has 0 fully saturated rings. The van der Waals surface area contributed by atoms with Crippen molar-refractivity contribution in [3.05, 3.63) is 65.3 Å². The lowest BCUT2D eigenvalue weighted by Crippen LogP contribution is -2.24. The van der Waals surface area contributed by atoms with Gasteiger partial charge in [0.15, 0.2) is 6.61 Å². The highest BCUT2D eigenvalue weighted by atomic mass is 35.5. The Balaban J connectivity index is 1.63. The fourth-order valence-corrected chi connectivity index (χ4v) is 2.69. The molecular formula is C19H15ClN4O2. The molecular weight excluding hydrogens is 352 g/mol. The molecule has 1 heterocycles. The number of nitrogens with zero attached hydrogens (tertiary/aromatic N) is 3. The number of rotatable bonds is 6. The third kappa shape index (κ3) is 4.02. The van der Waals surface area contributed by atoms with Gasteiger partial charge in [-0.25, -0.2) is 5.43 Å². The Morgan fingerprint density at radius 3 is 2.85 bits per heavy atom. The zero-order valence-corrected chi connectivity index (χ0v) is 14.5. The second-order valence-electron chi connectivity index (χ2n) is 5.40. The van der Waals surface area contributed by atoms with Gasteiger partial charge in [-0.1, -0.05) is 41.9 Å². The average molecular weight is 367 g/mol. The predicted octanol–water partition coefficient (Wildman–Crippen LogP) is 3.35. The second kappa shape index (κ2) is 8.19. The first-order valence-electron chi connectivity index (χ1n) is 7.83. The Morgan fingerprint density at radius 2 is 2.04 bits per heavy atom. The lowest BCUT2D eigenvalue weighted by Gasteiger charge is -2.06. The molecule has 0 aliphatic carbocycles. The van der Waals surface area contributed by atoms with Crippen molar-refractivity contribution in [2.75, 3.05) is 6.61 Å². The largest absolute Gasteiger partial charge is 0.482 e. The average Bonchev–Trinajstić information content (AvgIpc) is 2.99. The molecule has 1 aromatic heterocycles. The van der Waals surface area contributed by atoms with Gasteiger partial charge in [0.05, 0.1) is 17.3 Å². The van der Waals surface area contributed by atoms with E-state index in [0.29, 0.717) is 10.8 Å². The van der Waals surface area contributed by atoms with Crippen molar-refractivity contribution in [3.63, 3.8) is 0 Å². The van der Waals surface area contributed by atoms with E-state index in [1.807, 2.05) is 35.0 Å². The highest BCUT2D eigenvalue weighted by Crippen LogP contribution is 2.23. The molecule has 0 radical (unpaired) electrons. The summed E-state index contributed by atoms with van der Waals surface area (Å²) < 4.78 is 7.18. The highest BCUT2D eigenvalue weighted by molar-refractivity contribution is 6.32. The molecule has 3 aromatic rings. The molecule has 0 saturated heterocycles. The summed E-state index contributed by atoms with van der Waals surface area (Å²) in [5, 5.41) is 14.3. The lowest BCUT2D eigenvalue weighted by molar-refractivity contribution is -0.123. The van der Waals surface area contributed by atoms with Crippen LogP contribution >= 0.6 is 11.6 Å². The van der Waals surface area contributed by atoms with Crippen LogP contribution in [-0.4, -0.2) is 23.3 Å². The number of ether oxygens (including phenoxy) is 1. The van der Waals surface area contributed by atoms with E-state index in [4.69, 9.17) is 21.6 Å². The van der Waals surface area contributed by atoms with Crippen molar-refractivity contribution in [1.82, 2.24) is 9.99 Å². The molecule has 0 aliphatic rings. The first kappa shape index (κ1) is 17.5. The summed E-state index contributed by atoms with van der Waals surface area (Å²) in [7, 11) is 0. The maximum atomic E-state index is 11.8. The highest BCUT2D eigenvalue weighted by Gasteiger charge is 2.07. The standard InChI is InChI=1S/C19H15ClN4O2/c20-16-6-2-4-8-18(16)26-13-19(25)23-22-11-14-12-24(10-9-21)17-7-3-1-5-15(14)17/h1-8,11-12H,10,13H2,(H,23,25). The first-order valence-corrected chi connectivity index (χ1v) is 8.21. The van der Waals surface area contributed by atoms with E-state index in [0.717, 1.165) is 16.5 Å². The summed E-state index contributed by atoms with van der Waals surface area (Å²) in [6.07, 6.45) is 3.37. The Kier molecular flexibility index (Phi) is 5.52. The normalized spacial score (nSPS) is 10.8. The number of halogens is 1. The van der Waals surface area contributed by atoms with E-state index < -0.39 is 5.91 Å². The van der Waals surface area contributed by atoms with Gasteiger partial charge in [0.2, 0.25) is 0 Å². The minimum Gasteiger partial charge on any atom is -0.482 e. The maximum absolute atomic E-state index is 11.8. The van der Waals surface area contributed by atoms with Crippen LogP contribution in [0.4, 0.5) is 0 Å². The van der Waals surface area contributed by atoms with Gasteiger partial charge in [-0.2, -0.15) is 10.4 Å². The summed E-state index contributed by atoms with van der Waals surface area (Å²) >= 11 is 5.96. The number of hydrogen-bond donors (Lipinski definition) is 1. The van der Waals surface area contributed by atoms with Crippen LogP contribution in [0.1, 0.15) is 5.56 Å². The zero-order valence-electron chi connectivity index (χ0n) is 13.7. The Bertz CT molecular complexity index is 1000. The zero-order chi connectivity index (χ0) is 18.4. The smallest absolute Gasteiger partial charge is 0.277 e. The fraction of sp³-hybridized carbons (Fsp3) is 0.105. The molecule has 26 heavy (non-hydrogen) atoms. The SMILES string of the molecule is N#CCn1cc(C=NNC(=O)COc2ccccc2Cl)c2ccccc21. The Morgan fingerprint density at radius 1 is 1.27 bits per heavy atom. The molecule has 0 aliphatic heterocycles. The van der Waals surface area contributed by atoms with E-state index >= 15 is 0 Å². The fourth-order valence-electron chi connectivity index (χ4n) is 2.50. The topological polar surface area (TPSA) is 79.4 Å². The molecule has 2 aromatic carbocycles. The molecule has 0 bridgehead atoms. The summed E-state index contributed by atoms with van der Waals surface area (Å²) in [5.41, 5.74) is 4.16. The van der Waals surface area contributed by atoms with Crippen molar-refractivity contribution in [3.8, 4) is 11.8 Å². The van der Waals surface area contributed by atoms with Crippen molar-refractivity contribution >= 4 is 34.6 Å². The number of carbonyl (C=O) groups excluding carboxylic acids is 1. The summed E-state index contributed by atoms with van der Waals surface area (Å²) in [6, 6.07) is 16.7. The van der Waals surface area contributed by atoms with Crippen LogP contribution in [0.2, 0.25) is 5.02 Å². The van der Waals surface area contributed by atoms with E-state index in [1.54, 1.807) is 30.5 Å². The lowest BCUT2D eigenvalue weighted by atomic mass is 10.2. The number of fused-ring (bicyclic) bond motifs is 1. The van der Waals surface area contributed by atoms with Crippen molar-refractivity contribution in [1.29, 1.82) is 5.26 Å². The maximum Gasteiger partial charge on any atom is 0.277 e. The first-order chi connectivity index (χ1) is 12.7. The van der Waals surface area contributed by atoms with Gasteiger partial charge < -0.3 is 9.30 Å². The Labute approximate surface area is 155 Å². The molecule has 1 N–H and O–H groups in total. The van der Waals surface area contributed by atoms with Crippen LogP contribution in [0.15, 0.2) is 59.8 Å². The van der Waals surface area contributed by atoms with Crippen molar-refractivity contribution < 1.29 is 9.53 Å². The van der Waals surface area contributed by atoms with Gasteiger partial charge in [0.1, 0.15) is 12.3 Å². The van der Waals surface area contributed by atoms with Crippen LogP contribution in [0.5, 0.6) is 5.75 Å².